The summed E-state index contributed by atoms with van der Waals surface area (Å²) in [6, 6.07) is 7.38. The van der Waals surface area contributed by atoms with Crippen LogP contribution in [0.15, 0.2) is 24.3 Å². The zero-order valence-electron chi connectivity index (χ0n) is 15.8. The fourth-order valence-corrected chi connectivity index (χ4v) is 3.77. The molecule has 26 heavy (non-hydrogen) atoms. The average Bonchev–Trinajstić information content (AvgIpc) is 2.59. The van der Waals surface area contributed by atoms with E-state index in [1.54, 1.807) is 12.1 Å². The van der Waals surface area contributed by atoms with Gasteiger partial charge < -0.3 is 14.6 Å². The van der Waals surface area contributed by atoms with Crippen LogP contribution in [0.25, 0.3) is 0 Å². The number of esters is 2. The van der Waals surface area contributed by atoms with Gasteiger partial charge in [0, 0.05) is 12.3 Å². The fraction of sp³-hybridized carbons (Fsp3) is 0.550. The first-order chi connectivity index (χ1) is 12.1. The highest BCUT2D eigenvalue weighted by Crippen LogP contribution is 2.46. The van der Waals surface area contributed by atoms with Crippen LogP contribution in [0.3, 0.4) is 0 Å². The molecule has 0 radical (unpaired) electrons. The van der Waals surface area contributed by atoms with Crippen LogP contribution >= 0.6 is 0 Å². The lowest BCUT2D eigenvalue weighted by Gasteiger charge is -2.43. The maximum absolute atomic E-state index is 12.6. The molecule has 0 aliphatic heterocycles. The van der Waals surface area contributed by atoms with E-state index >= 15 is 0 Å². The van der Waals surface area contributed by atoms with Gasteiger partial charge in [-0.3, -0.25) is 14.4 Å². The van der Waals surface area contributed by atoms with Crippen LogP contribution < -0.4 is 0 Å². The molecule has 6 nitrogen and oxygen atoms in total. The van der Waals surface area contributed by atoms with Crippen molar-refractivity contribution in [2.75, 3.05) is 14.2 Å². The Bertz CT molecular complexity index is 689. The van der Waals surface area contributed by atoms with E-state index in [2.05, 4.69) is 13.8 Å². The molecule has 6 heteroatoms. The third-order valence-corrected chi connectivity index (χ3v) is 5.17. The number of methoxy groups -OCH3 is 2. The smallest absolute Gasteiger partial charge is 0.316 e. The van der Waals surface area contributed by atoms with Crippen molar-refractivity contribution in [3.05, 3.63) is 35.4 Å². The Morgan fingerprint density at radius 3 is 2.12 bits per heavy atom. The highest BCUT2D eigenvalue weighted by molar-refractivity contribution is 6.02. The number of rotatable bonds is 4. The summed E-state index contributed by atoms with van der Waals surface area (Å²) in [6.07, 6.45) is -0.312. The van der Waals surface area contributed by atoms with Gasteiger partial charge in [0.25, 0.3) is 0 Å². The molecule has 1 saturated carbocycles. The van der Waals surface area contributed by atoms with Crippen molar-refractivity contribution in [1.82, 2.24) is 0 Å². The largest absolute Gasteiger partial charge is 0.469 e. The van der Waals surface area contributed by atoms with Gasteiger partial charge in [0.1, 0.15) is 5.92 Å². The number of benzene rings is 1. The Hall–Kier alpha value is -2.21. The topological polar surface area (TPSA) is 89.9 Å². The van der Waals surface area contributed by atoms with Crippen molar-refractivity contribution >= 4 is 17.7 Å². The molecule has 1 aliphatic rings. The van der Waals surface area contributed by atoms with E-state index in [9.17, 15) is 19.5 Å². The number of Topliss-reactive ketones (excluding diaryl/α,β-unsaturated/α-hetero) is 1. The first-order valence-electron chi connectivity index (χ1n) is 8.64. The van der Waals surface area contributed by atoms with Crippen molar-refractivity contribution in [3.8, 4) is 0 Å². The van der Waals surface area contributed by atoms with Crippen molar-refractivity contribution in [3.63, 3.8) is 0 Å². The highest BCUT2D eigenvalue weighted by Gasteiger charge is 2.56. The van der Waals surface area contributed by atoms with Crippen molar-refractivity contribution in [1.29, 1.82) is 0 Å². The van der Waals surface area contributed by atoms with Crippen molar-refractivity contribution in [2.45, 2.75) is 44.6 Å². The van der Waals surface area contributed by atoms with E-state index in [-0.39, 0.29) is 6.42 Å². The summed E-state index contributed by atoms with van der Waals surface area (Å²) in [6.45, 7) is 5.53. The molecule has 0 heterocycles. The molecule has 0 bridgehead atoms. The Labute approximate surface area is 153 Å². The molecule has 1 N–H and O–H groups in total. The molecule has 1 aliphatic carbocycles. The summed E-state index contributed by atoms with van der Waals surface area (Å²) >= 11 is 0. The standard InChI is InChI=1S/C20H26O6/c1-11(2)12-6-8-13(9-7-12)15-16(18(22)25-4)14(21)10-20(3,24)17(15)19(23)26-5/h6-9,11,15-17,24H,10H2,1-5H3/t15-,16+,17+,20+/m1/s1. The van der Waals surface area contributed by atoms with E-state index in [4.69, 9.17) is 9.47 Å². The van der Waals surface area contributed by atoms with Gasteiger partial charge in [-0.15, -0.1) is 0 Å². The van der Waals surface area contributed by atoms with Crippen molar-refractivity contribution in [2.24, 2.45) is 11.8 Å². The predicted molar refractivity (Wildman–Crippen MR) is 94.5 cm³/mol. The van der Waals surface area contributed by atoms with E-state index in [0.29, 0.717) is 11.5 Å². The summed E-state index contributed by atoms with van der Waals surface area (Å²) in [5, 5.41) is 10.8. The number of ether oxygens (including phenoxy) is 2. The minimum atomic E-state index is -1.61. The normalized spacial score (nSPS) is 28.7. The third kappa shape index (κ3) is 3.65. The van der Waals surface area contributed by atoms with Crippen LogP contribution in [-0.2, 0) is 23.9 Å². The number of carbonyl (C=O) groups is 3. The monoisotopic (exact) mass is 362 g/mol. The van der Waals surface area contributed by atoms with Crippen LogP contribution in [0.5, 0.6) is 0 Å². The highest BCUT2D eigenvalue weighted by atomic mass is 16.5. The second kappa shape index (κ2) is 7.58. The van der Waals surface area contributed by atoms with Crippen LogP contribution in [0.1, 0.15) is 50.2 Å². The van der Waals surface area contributed by atoms with E-state index < -0.39 is 41.1 Å². The van der Waals surface area contributed by atoms with Gasteiger partial charge in [0.15, 0.2) is 5.78 Å². The van der Waals surface area contributed by atoms with Crippen LogP contribution in [0.2, 0.25) is 0 Å². The third-order valence-electron chi connectivity index (χ3n) is 5.17. The van der Waals surface area contributed by atoms with E-state index in [1.165, 1.54) is 21.1 Å². The number of hydrogen-bond acceptors (Lipinski definition) is 6. The Morgan fingerprint density at radius 1 is 1.12 bits per heavy atom. The van der Waals surface area contributed by atoms with Gasteiger partial charge in [-0.25, -0.2) is 0 Å². The molecule has 0 saturated heterocycles. The molecule has 0 unspecified atom stereocenters. The SMILES string of the molecule is COC(=O)[C@H]1C(=O)C[C@](C)(O)[C@H](C(=O)OC)[C@@H]1c1ccc(C(C)C)cc1. The van der Waals surface area contributed by atoms with Crippen LogP contribution in [0, 0.1) is 11.8 Å². The number of aliphatic hydroxyl groups is 1. The molecule has 1 aromatic rings. The van der Waals surface area contributed by atoms with Crippen molar-refractivity contribution < 1.29 is 29.0 Å². The average molecular weight is 362 g/mol. The molecule has 2 rings (SSSR count). The van der Waals surface area contributed by atoms with E-state index in [0.717, 1.165) is 5.56 Å². The summed E-state index contributed by atoms with van der Waals surface area (Å²) in [7, 11) is 2.43. The van der Waals surface area contributed by atoms with Gasteiger partial charge in [-0.05, 0) is 24.0 Å². The molecule has 1 aromatic carbocycles. The molecule has 0 spiro atoms. The Morgan fingerprint density at radius 2 is 1.65 bits per heavy atom. The first kappa shape index (κ1) is 20.1. The first-order valence-corrected chi connectivity index (χ1v) is 8.64. The summed E-state index contributed by atoms with van der Waals surface area (Å²) < 4.78 is 9.68. The minimum Gasteiger partial charge on any atom is -0.469 e. The number of hydrogen-bond donors (Lipinski definition) is 1. The zero-order valence-corrected chi connectivity index (χ0v) is 15.8. The summed E-state index contributed by atoms with van der Waals surface area (Å²) in [5.41, 5.74) is 0.0937. The second-order valence-electron chi connectivity index (χ2n) is 7.35. The Kier molecular flexibility index (Phi) is 5.86. The van der Waals surface area contributed by atoms with E-state index in [1.807, 2.05) is 12.1 Å². The number of ketones is 1. The van der Waals surface area contributed by atoms with Gasteiger partial charge in [0.2, 0.25) is 0 Å². The second-order valence-corrected chi connectivity index (χ2v) is 7.35. The van der Waals surface area contributed by atoms with Crippen LogP contribution in [0.4, 0.5) is 0 Å². The zero-order chi connectivity index (χ0) is 19.6. The lowest BCUT2D eigenvalue weighted by atomic mass is 9.61. The predicted octanol–water partition coefficient (Wildman–Crippen LogP) is 2.20. The molecular formula is C20H26O6. The van der Waals surface area contributed by atoms with Gasteiger partial charge in [-0.1, -0.05) is 38.1 Å². The lowest BCUT2D eigenvalue weighted by Crippen LogP contribution is -2.55. The summed E-state index contributed by atoms with van der Waals surface area (Å²) in [4.78, 5) is 37.4. The molecule has 4 atom stereocenters. The molecule has 142 valence electrons. The molecule has 0 amide bonds. The molecule has 1 fully saturated rings. The fourth-order valence-electron chi connectivity index (χ4n) is 3.77. The summed E-state index contributed by atoms with van der Waals surface area (Å²) in [5.74, 6) is -4.57. The van der Waals surface area contributed by atoms with Gasteiger partial charge >= 0.3 is 11.9 Å². The lowest BCUT2D eigenvalue weighted by molar-refractivity contribution is -0.170. The van der Waals surface area contributed by atoms with Gasteiger partial charge in [0.05, 0.1) is 25.7 Å². The number of carbonyl (C=O) groups excluding carboxylic acids is 3. The molecular weight excluding hydrogens is 336 g/mol. The minimum absolute atomic E-state index is 0.312. The van der Waals surface area contributed by atoms with Gasteiger partial charge in [-0.2, -0.15) is 0 Å². The van der Waals surface area contributed by atoms with Crippen LogP contribution in [-0.4, -0.2) is 42.6 Å². The maximum atomic E-state index is 12.6. The quantitative estimate of drug-likeness (QED) is 0.652. The maximum Gasteiger partial charge on any atom is 0.316 e. The Balaban J connectivity index is 2.61. The molecule has 0 aromatic heterocycles.